The van der Waals surface area contributed by atoms with Crippen LogP contribution in [0, 0.1) is 11.8 Å². The molecule has 0 amide bonds. The first-order chi connectivity index (χ1) is 10.2. The van der Waals surface area contributed by atoms with E-state index in [-0.39, 0.29) is 19.4 Å². The van der Waals surface area contributed by atoms with Crippen LogP contribution in [0.5, 0.6) is 0 Å². The minimum absolute atomic E-state index is 0.248. The highest BCUT2D eigenvalue weighted by molar-refractivity contribution is 7.54. The average molecular weight is 334 g/mol. The third-order valence-corrected chi connectivity index (χ3v) is 6.31. The monoisotopic (exact) mass is 334 g/mol. The van der Waals surface area contributed by atoms with E-state index < -0.39 is 19.2 Å². The number of ether oxygens (including phenoxy) is 1. The average Bonchev–Trinajstić information content (AvgIpc) is 2.38. The normalized spacial score (nSPS) is 26.2. The van der Waals surface area contributed by atoms with Crippen molar-refractivity contribution >= 4 is 13.6 Å². The van der Waals surface area contributed by atoms with Crippen molar-refractivity contribution in [1.82, 2.24) is 0 Å². The van der Waals surface area contributed by atoms with Gasteiger partial charge in [-0.25, -0.2) is 0 Å². The summed E-state index contributed by atoms with van der Waals surface area (Å²) >= 11 is 0. The second-order valence-corrected chi connectivity index (χ2v) is 8.66. The fourth-order valence-corrected chi connectivity index (χ4v) is 4.43. The van der Waals surface area contributed by atoms with E-state index in [9.17, 15) is 9.36 Å². The Balaban J connectivity index is 2.55. The number of carbonyl (C=O) groups excluding carboxylic acids is 1. The van der Waals surface area contributed by atoms with Gasteiger partial charge in [0.15, 0.2) is 0 Å². The molecule has 0 spiro atoms. The summed E-state index contributed by atoms with van der Waals surface area (Å²) in [7, 11) is -3.38. The van der Waals surface area contributed by atoms with Crippen LogP contribution in [-0.4, -0.2) is 30.9 Å². The van der Waals surface area contributed by atoms with E-state index >= 15 is 0 Å². The highest BCUT2D eigenvalue weighted by Gasteiger charge is 2.37. The minimum atomic E-state index is -3.38. The highest BCUT2D eigenvalue weighted by atomic mass is 31.2. The van der Waals surface area contributed by atoms with Crippen LogP contribution in [0.4, 0.5) is 0 Å². The van der Waals surface area contributed by atoms with Crippen LogP contribution in [0.2, 0.25) is 0 Å². The standard InChI is InChI=1S/C16H31O5P/c1-6-19-22(18,20-7-2)12-15(17)21-16(5)10-8-14(9-11-16)13(3)4/h13-14H,6-12H2,1-5H3. The van der Waals surface area contributed by atoms with Crippen molar-refractivity contribution in [2.24, 2.45) is 11.8 Å². The zero-order valence-corrected chi connectivity index (χ0v) is 15.5. The molecule has 130 valence electrons. The lowest BCUT2D eigenvalue weighted by molar-refractivity contribution is -0.159. The first-order valence-electron chi connectivity index (χ1n) is 8.33. The van der Waals surface area contributed by atoms with E-state index in [1.165, 1.54) is 0 Å². The predicted molar refractivity (Wildman–Crippen MR) is 87.0 cm³/mol. The van der Waals surface area contributed by atoms with Gasteiger partial charge < -0.3 is 13.8 Å². The van der Waals surface area contributed by atoms with Crippen molar-refractivity contribution in [3.05, 3.63) is 0 Å². The van der Waals surface area contributed by atoms with Crippen LogP contribution in [0.25, 0.3) is 0 Å². The van der Waals surface area contributed by atoms with Gasteiger partial charge in [0.05, 0.1) is 13.2 Å². The first kappa shape index (κ1) is 19.7. The summed E-state index contributed by atoms with van der Waals surface area (Å²) in [6.07, 6.45) is 3.54. The molecule has 1 aliphatic carbocycles. The van der Waals surface area contributed by atoms with Crippen LogP contribution >= 0.6 is 7.60 Å². The van der Waals surface area contributed by atoms with Crippen LogP contribution in [0.3, 0.4) is 0 Å². The largest absolute Gasteiger partial charge is 0.459 e. The molecule has 0 saturated heterocycles. The van der Waals surface area contributed by atoms with E-state index in [4.69, 9.17) is 13.8 Å². The van der Waals surface area contributed by atoms with Crippen molar-refractivity contribution in [3.63, 3.8) is 0 Å². The smallest absolute Gasteiger partial charge is 0.341 e. The summed E-state index contributed by atoms with van der Waals surface area (Å²) in [5.74, 6) is 0.872. The second-order valence-electron chi connectivity index (χ2n) is 6.61. The maximum atomic E-state index is 12.4. The topological polar surface area (TPSA) is 61.8 Å². The quantitative estimate of drug-likeness (QED) is 0.486. The lowest BCUT2D eigenvalue weighted by Gasteiger charge is -2.38. The Labute approximate surface area is 134 Å². The Morgan fingerprint density at radius 2 is 1.68 bits per heavy atom. The molecular formula is C16H31O5P. The molecule has 0 aromatic rings. The van der Waals surface area contributed by atoms with Crippen molar-refractivity contribution in [2.45, 2.75) is 65.9 Å². The van der Waals surface area contributed by atoms with E-state index in [0.29, 0.717) is 11.8 Å². The number of carbonyl (C=O) groups is 1. The number of hydrogen-bond donors (Lipinski definition) is 0. The molecule has 0 heterocycles. The molecule has 0 aromatic heterocycles. The van der Waals surface area contributed by atoms with Crippen LogP contribution in [0.15, 0.2) is 0 Å². The molecule has 1 fully saturated rings. The Morgan fingerprint density at radius 3 is 2.09 bits per heavy atom. The second kappa shape index (κ2) is 8.47. The molecule has 1 saturated carbocycles. The Kier molecular flexibility index (Phi) is 7.57. The zero-order valence-electron chi connectivity index (χ0n) is 14.6. The molecule has 0 atom stereocenters. The Morgan fingerprint density at radius 1 is 1.18 bits per heavy atom. The van der Waals surface area contributed by atoms with Crippen molar-refractivity contribution in [3.8, 4) is 0 Å². The number of hydrogen-bond acceptors (Lipinski definition) is 5. The van der Waals surface area contributed by atoms with Gasteiger partial charge in [-0.05, 0) is 58.3 Å². The third-order valence-electron chi connectivity index (χ3n) is 4.37. The lowest BCUT2D eigenvalue weighted by atomic mass is 9.75. The zero-order chi connectivity index (χ0) is 16.8. The molecule has 22 heavy (non-hydrogen) atoms. The SMILES string of the molecule is CCOP(=O)(CC(=O)OC1(C)CCC(C(C)C)CC1)OCC. The van der Waals surface area contributed by atoms with E-state index in [1.54, 1.807) is 13.8 Å². The molecule has 0 bridgehead atoms. The summed E-state index contributed by atoms with van der Waals surface area (Å²) in [4.78, 5) is 12.1. The summed E-state index contributed by atoms with van der Waals surface area (Å²) < 4.78 is 28.3. The summed E-state index contributed by atoms with van der Waals surface area (Å²) in [5, 5.41) is 0. The first-order valence-corrected chi connectivity index (χ1v) is 10.1. The van der Waals surface area contributed by atoms with E-state index in [0.717, 1.165) is 25.7 Å². The number of rotatable bonds is 8. The van der Waals surface area contributed by atoms with Gasteiger partial charge in [-0.1, -0.05) is 13.8 Å². The van der Waals surface area contributed by atoms with Crippen LogP contribution < -0.4 is 0 Å². The van der Waals surface area contributed by atoms with Gasteiger partial charge in [0.25, 0.3) is 0 Å². The fraction of sp³-hybridized carbons (Fsp3) is 0.938. The molecule has 0 radical (unpaired) electrons. The van der Waals surface area contributed by atoms with Crippen LogP contribution in [0.1, 0.15) is 60.3 Å². The Bertz CT molecular complexity index is 389. The molecule has 6 heteroatoms. The molecule has 1 aliphatic rings. The Hall–Kier alpha value is -0.380. The van der Waals surface area contributed by atoms with E-state index in [2.05, 4.69) is 13.8 Å². The number of esters is 1. The van der Waals surface area contributed by atoms with Gasteiger partial charge in [-0.15, -0.1) is 0 Å². The fourth-order valence-electron chi connectivity index (χ4n) is 3.01. The molecule has 0 aliphatic heterocycles. The van der Waals surface area contributed by atoms with Crippen molar-refractivity contribution < 1.29 is 23.1 Å². The summed E-state index contributed by atoms with van der Waals surface area (Å²) in [6, 6.07) is 0. The van der Waals surface area contributed by atoms with Gasteiger partial charge in [-0.3, -0.25) is 9.36 Å². The van der Waals surface area contributed by atoms with Gasteiger partial charge in [0.1, 0.15) is 11.8 Å². The van der Waals surface area contributed by atoms with Gasteiger partial charge in [0, 0.05) is 0 Å². The van der Waals surface area contributed by atoms with Crippen molar-refractivity contribution in [2.75, 3.05) is 19.4 Å². The maximum Gasteiger partial charge on any atom is 0.341 e. The third kappa shape index (κ3) is 6.02. The molecule has 5 nitrogen and oxygen atoms in total. The molecular weight excluding hydrogens is 303 g/mol. The van der Waals surface area contributed by atoms with Gasteiger partial charge in [0.2, 0.25) is 0 Å². The summed E-state index contributed by atoms with van der Waals surface area (Å²) in [6.45, 7) is 10.4. The minimum Gasteiger partial charge on any atom is -0.459 e. The highest BCUT2D eigenvalue weighted by Crippen LogP contribution is 2.48. The van der Waals surface area contributed by atoms with Gasteiger partial charge >= 0.3 is 13.6 Å². The van der Waals surface area contributed by atoms with E-state index in [1.807, 2.05) is 6.92 Å². The predicted octanol–water partition coefficient (Wildman–Crippen LogP) is 4.40. The van der Waals surface area contributed by atoms with Crippen molar-refractivity contribution in [1.29, 1.82) is 0 Å². The van der Waals surface area contributed by atoms with Gasteiger partial charge in [-0.2, -0.15) is 0 Å². The molecule has 0 aromatic carbocycles. The summed E-state index contributed by atoms with van der Waals surface area (Å²) in [5.41, 5.74) is -0.453. The molecule has 0 unspecified atom stereocenters. The lowest BCUT2D eigenvalue weighted by Crippen LogP contribution is -2.38. The van der Waals surface area contributed by atoms with Crippen LogP contribution in [-0.2, 0) is 23.1 Å². The maximum absolute atomic E-state index is 12.4. The molecule has 0 N–H and O–H groups in total. The molecule has 1 rings (SSSR count).